The molecule has 1 aromatic rings. The van der Waals surface area contributed by atoms with Crippen LogP contribution in [0, 0.1) is 0 Å². The van der Waals surface area contributed by atoms with Crippen molar-refractivity contribution in [2.75, 3.05) is 0 Å². The normalized spacial score (nSPS) is 12.8. The number of hydrazine groups is 1. The Morgan fingerprint density at radius 3 is 3.08 bits per heavy atom. The summed E-state index contributed by atoms with van der Waals surface area (Å²) < 4.78 is 0. The molecular formula is C9H15N3S. The fourth-order valence-electron chi connectivity index (χ4n) is 1.10. The minimum Gasteiger partial charge on any atom is -0.271 e. The molecule has 13 heavy (non-hydrogen) atoms. The van der Waals surface area contributed by atoms with Crippen molar-refractivity contribution in [3.05, 3.63) is 28.7 Å². The molecule has 3 N–H and O–H groups in total. The molecule has 72 valence electrons. The predicted octanol–water partition coefficient (Wildman–Crippen LogP) is 2.00. The van der Waals surface area contributed by atoms with Gasteiger partial charge in [-0.05, 0) is 19.8 Å². The molecule has 0 saturated heterocycles. The number of nitrogens with one attached hydrogen (secondary N) is 1. The van der Waals surface area contributed by atoms with Crippen LogP contribution >= 0.6 is 11.3 Å². The first kappa shape index (κ1) is 10.4. The highest BCUT2D eigenvalue weighted by atomic mass is 32.1. The van der Waals surface area contributed by atoms with Crippen LogP contribution < -0.4 is 11.3 Å². The first-order chi connectivity index (χ1) is 6.24. The molecule has 0 spiro atoms. The Bertz CT molecular complexity index is 256. The van der Waals surface area contributed by atoms with Crippen LogP contribution in [0.3, 0.4) is 0 Å². The van der Waals surface area contributed by atoms with Crippen LogP contribution in [0.4, 0.5) is 0 Å². The van der Waals surface area contributed by atoms with Crippen LogP contribution in [-0.2, 0) is 0 Å². The highest BCUT2D eigenvalue weighted by Crippen LogP contribution is 2.18. The number of nitrogens with zero attached hydrogens (tertiary/aromatic N) is 1. The molecule has 0 aliphatic rings. The number of allylic oxidation sites excluding steroid dienone is 1. The molecule has 1 rings (SSSR count). The van der Waals surface area contributed by atoms with Crippen LogP contribution in [0.1, 0.15) is 31.5 Å². The van der Waals surface area contributed by atoms with Gasteiger partial charge in [-0.15, -0.1) is 17.9 Å². The molecule has 0 aromatic carbocycles. The maximum absolute atomic E-state index is 5.44. The SMILES string of the molecule is C=C(C)CCC(NN)c1cscn1. The zero-order valence-corrected chi connectivity index (χ0v) is 8.60. The summed E-state index contributed by atoms with van der Waals surface area (Å²) in [6.07, 6.45) is 1.93. The summed E-state index contributed by atoms with van der Waals surface area (Å²) in [5.41, 5.74) is 6.78. The van der Waals surface area contributed by atoms with Crippen molar-refractivity contribution in [2.24, 2.45) is 5.84 Å². The Labute approximate surface area is 82.7 Å². The maximum atomic E-state index is 5.44. The third kappa shape index (κ3) is 3.26. The van der Waals surface area contributed by atoms with Gasteiger partial charge in [-0.3, -0.25) is 11.3 Å². The first-order valence-electron chi connectivity index (χ1n) is 4.22. The number of thiazole rings is 1. The lowest BCUT2D eigenvalue weighted by Crippen LogP contribution is -2.28. The van der Waals surface area contributed by atoms with E-state index in [1.54, 1.807) is 11.3 Å². The van der Waals surface area contributed by atoms with Crippen molar-refractivity contribution in [2.45, 2.75) is 25.8 Å². The van der Waals surface area contributed by atoms with E-state index in [-0.39, 0.29) is 6.04 Å². The van der Waals surface area contributed by atoms with E-state index >= 15 is 0 Å². The molecule has 1 atom stereocenters. The zero-order valence-electron chi connectivity index (χ0n) is 7.79. The van der Waals surface area contributed by atoms with E-state index in [9.17, 15) is 0 Å². The van der Waals surface area contributed by atoms with Gasteiger partial charge < -0.3 is 0 Å². The van der Waals surface area contributed by atoms with Gasteiger partial charge in [0.2, 0.25) is 0 Å². The van der Waals surface area contributed by atoms with Gasteiger partial charge in [0.15, 0.2) is 0 Å². The van der Waals surface area contributed by atoms with Crippen LogP contribution in [0.25, 0.3) is 0 Å². The van der Waals surface area contributed by atoms with Gasteiger partial charge >= 0.3 is 0 Å². The summed E-state index contributed by atoms with van der Waals surface area (Å²) >= 11 is 1.59. The van der Waals surface area contributed by atoms with E-state index in [1.165, 1.54) is 5.57 Å². The minimum absolute atomic E-state index is 0.156. The summed E-state index contributed by atoms with van der Waals surface area (Å²) in [5.74, 6) is 5.44. The van der Waals surface area contributed by atoms with Crippen molar-refractivity contribution in [3.8, 4) is 0 Å². The number of nitrogens with two attached hydrogens (primary N) is 1. The molecule has 0 aliphatic heterocycles. The standard InChI is InChI=1S/C9H15N3S/c1-7(2)3-4-8(12-10)9-5-13-6-11-9/h5-6,8,12H,1,3-4,10H2,2H3. The lowest BCUT2D eigenvalue weighted by molar-refractivity contribution is 0.506. The van der Waals surface area contributed by atoms with E-state index in [4.69, 9.17) is 5.84 Å². The Morgan fingerprint density at radius 1 is 1.85 bits per heavy atom. The fraction of sp³-hybridized carbons (Fsp3) is 0.444. The largest absolute Gasteiger partial charge is 0.271 e. The topological polar surface area (TPSA) is 50.9 Å². The molecular weight excluding hydrogens is 182 g/mol. The van der Waals surface area contributed by atoms with Crippen LogP contribution in [0.15, 0.2) is 23.0 Å². The summed E-state index contributed by atoms with van der Waals surface area (Å²) in [4.78, 5) is 4.21. The number of aromatic nitrogens is 1. The molecule has 1 heterocycles. The Kier molecular flexibility index (Phi) is 4.08. The van der Waals surface area contributed by atoms with Crippen molar-refractivity contribution < 1.29 is 0 Å². The third-order valence-electron chi connectivity index (χ3n) is 1.87. The van der Waals surface area contributed by atoms with Crippen LogP contribution in [-0.4, -0.2) is 4.98 Å². The first-order valence-corrected chi connectivity index (χ1v) is 5.17. The van der Waals surface area contributed by atoms with Gasteiger partial charge in [0, 0.05) is 5.38 Å². The molecule has 3 nitrogen and oxygen atoms in total. The highest BCUT2D eigenvalue weighted by molar-refractivity contribution is 7.07. The molecule has 0 amide bonds. The summed E-state index contributed by atoms with van der Waals surface area (Å²) in [7, 11) is 0. The Hall–Kier alpha value is -0.710. The molecule has 4 heteroatoms. The summed E-state index contributed by atoms with van der Waals surface area (Å²) in [6, 6.07) is 0.156. The van der Waals surface area contributed by atoms with Gasteiger partial charge in [-0.2, -0.15) is 0 Å². The molecule has 1 unspecified atom stereocenters. The van der Waals surface area contributed by atoms with Crippen LogP contribution in [0.2, 0.25) is 0 Å². The van der Waals surface area contributed by atoms with E-state index in [2.05, 4.69) is 17.0 Å². The van der Waals surface area contributed by atoms with Crippen molar-refractivity contribution in [3.63, 3.8) is 0 Å². The fourth-order valence-corrected chi connectivity index (χ4v) is 1.71. The molecule has 0 fully saturated rings. The van der Waals surface area contributed by atoms with E-state index in [1.807, 2.05) is 17.8 Å². The molecule has 0 saturated carbocycles. The molecule has 1 aromatic heterocycles. The average Bonchev–Trinajstić information content (AvgIpc) is 2.58. The van der Waals surface area contributed by atoms with Crippen molar-refractivity contribution in [1.29, 1.82) is 0 Å². The molecule has 0 aliphatic carbocycles. The number of hydrogen-bond donors (Lipinski definition) is 2. The number of hydrogen-bond acceptors (Lipinski definition) is 4. The number of rotatable bonds is 5. The van der Waals surface area contributed by atoms with Crippen LogP contribution in [0.5, 0.6) is 0 Å². The van der Waals surface area contributed by atoms with Crippen molar-refractivity contribution in [1.82, 2.24) is 10.4 Å². The second-order valence-corrected chi connectivity index (χ2v) is 3.85. The molecule has 0 radical (unpaired) electrons. The van der Waals surface area contributed by atoms with E-state index in [0.29, 0.717) is 0 Å². The maximum Gasteiger partial charge on any atom is 0.0795 e. The van der Waals surface area contributed by atoms with Gasteiger partial charge in [-0.25, -0.2) is 4.98 Å². The van der Waals surface area contributed by atoms with Gasteiger partial charge in [0.05, 0.1) is 17.2 Å². The zero-order chi connectivity index (χ0) is 9.68. The lowest BCUT2D eigenvalue weighted by Gasteiger charge is -2.12. The van der Waals surface area contributed by atoms with Gasteiger partial charge in [-0.1, -0.05) is 5.57 Å². The predicted molar refractivity (Wildman–Crippen MR) is 56.2 cm³/mol. The second kappa shape index (κ2) is 5.11. The monoisotopic (exact) mass is 197 g/mol. The van der Waals surface area contributed by atoms with Crippen molar-refractivity contribution >= 4 is 11.3 Å². The van der Waals surface area contributed by atoms with E-state index in [0.717, 1.165) is 18.5 Å². The molecule has 0 bridgehead atoms. The van der Waals surface area contributed by atoms with E-state index < -0.39 is 0 Å². The summed E-state index contributed by atoms with van der Waals surface area (Å²) in [5, 5.41) is 2.02. The lowest BCUT2D eigenvalue weighted by atomic mass is 10.1. The quantitative estimate of drug-likeness (QED) is 0.431. The minimum atomic E-state index is 0.156. The smallest absolute Gasteiger partial charge is 0.0795 e. The highest BCUT2D eigenvalue weighted by Gasteiger charge is 2.10. The summed E-state index contributed by atoms with van der Waals surface area (Å²) in [6.45, 7) is 5.88. The third-order valence-corrected chi connectivity index (χ3v) is 2.47. The van der Waals surface area contributed by atoms with Gasteiger partial charge in [0.1, 0.15) is 0 Å². The average molecular weight is 197 g/mol. The second-order valence-electron chi connectivity index (χ2n) is 3.13. The Morgan fingerprint density at radius 2 is 2.62 bits per heavy atom. The Balaban J connectivity index is 2.49. The van der Waals surface area contributed by atoms with Gasteiger partial charge in [0.25, 0.3) is 0 Å².